The summed E-state index contributed by atoms with van der Waals surface area (Å²) in [6.45, 7) is 2.63. The van der Waals surface area contributed by atoms with Gasteiger partial charge >= 0.3 is 19.8 Å². The Labute approximate surface area is 373 Å². The van der Waals surface area contributed by atoms with E-state index in [2.05, 4.69) is 31.3 Å². The maximum absolute atomic E-state index is 12.4. The lowest BCUT2D eigenvalue weighted by atomic mass is 10.0. The molecule has 0 aromatic rings. The Morgan fingerprint density at radius 3 is 1.25 bits per heavy atom. The van der Waals surface area contributed by atoms with Crippen LogP contribution in [0.3, 0.4) is 0 Å². The van der Waals surface area contributed by atoms with Crippen LogP contribution in [0.1, 0.15) is 251 Å². The highest BCUT2D eigenvalue weighted by molar-refractivity contribution is 7.47. The van der Waals surface area contributed by atoms with Gasteiger partial charge in [-0.05, 0) is 38.5 Å². The number of nitrogens with one attached hydrogen (secondary N) is 1. The molecule has 4 N–H and O–H groups in total. The molecule has 11 nitrogen and oxygen atoms in total. The lowest BCUT2D eigenvalue weighted by Gasteiger charge is -2.18. The summed E-state index contributed by atoms with van der Waals surface area (Å²) in [5.41, 5.74) is 0. The van der Waals surface area contributed by atoms with Crippen LogP contribution >= 0.6 is 7.82 Å². The van der Waals surface area contributed by atoms with Gasteiger partial charge in [0.15, 0.2) is 6.04 Å². The topological polar surface area (TPSA) is 169 Å². The largest absolute Gasteiger partial charge is 0.480 e. The van der Waals surface area contributed by atoms with Gasteiger partial charge in [-0.1, -0.05) is 212 Å². The fourth-order valence-corrected chi connectivity index (χ4v) is 8.14. The number of esters is 1. The van der Waals surface area contributed by atoms with Gasteiger partial charge in [0, 0.05) is 12.8 Å². The fourth-order valence-electron chi connectivity index (χ4n) is 7.37. The van der Waals surface area contributed by atoms with Crippen molar-refractivity contribution in [1.82, 2.24) is 5.32 Å². The summed E-state index contributed by atoms with van der Waals surface area (Å²) in [4.78, 5) is 46.1. The number of phosphoric ester groups is 1. The number of carbonyl (C=O) groups is 3. The molecule has 12 heteroatoms. The molecule has 0 aliphatic heterocycles. The quantitative estimate of drug-likeness (QED) is 0.0200. The minimum Gasteiger partial charge on any atom is -0.480 e. The fraction of sp³-hybridized carbons (Fsp3) is 0.898. The van der Waals surface area contributed by atoms with Gasteiger partial charge in [0.05, 0.1) is 13.2 Å². The van der Waals surface area contributed by atoms with E-state index in [0.29, 0.717) is 12.8 Å². The first-order chi connectivity index (χ1) is 29.6. The van der Waals surface area contributed by atoms with Crippen molar-refractivity contribution in [2.75, 3.05) is 19.8 Å². The summed E-state index contributed by atoms with van der Waals surface area (Å²) in [5, 5.41) is 21.9. The number of rotatable bonds is 48. The lowest BCUT2D eigenvalue weighted by Crippen LogP contribution is -2.43. The van der Waals surface area contributed by atoms with Gasteiger partial charge in [0.2, 0.25) is 5.91 Å². The monoisotopic (exact) mass is 888 g/mol. The number of aliphatic hydroxyl groups excluding tert-OH is 1. The van der Waals surface area contributed by atoms with Crippen LogP contribution < -0.4 is 5.32 Å². The molecule has 61 heavy (non-hydrogen) atoms. The first-order valence-corrected chi connectivity index (χ1v) is 26.7. The smallest absolute Gasteiger partial charge is 0.472 e. The second-order valence-corrected chi connectivity index (χ2v) is 18.8. The SMILES string of the molecule is CCCCCCCC/C=C\CCCCCCCCCC(=O)OCC(O)COP(=O)(O)OCC(NC(=O)CCCCCCCCCCCCCCCCCCCCCC)C(=O)O. The van der Waals surface area contributed by atoms with Gasteiger partial charge < -0.3 is 25.2 Å². The van der Waals surface area contributed by atoms with Gasteiger partial charge in [-0.25, -0.2) is 9.36 Å². The Morgan fingerprint density at radius 2 is 0.852 bits per heavy atom. The summed E-state index contributed by atoms with van der Waals surface area (Å²) in [7, 11) is -4.76. The Morgan fingerprint density at radius 1 is 0.508 bits per heavy atom. The number of allylic oxidation sites excluding steroid dienone is 2. The minimum absolute atomic E-state index is 0.151. The molecular formula is C49H94NO10P. The molecule has 3 atom stereocenters. The van der Waals surface area contributed by atoms with Crippen molar-refractivity contribution >= 4 is 25.7 Å². The van der Waals surface area contributed by atoms with Gasteiger partial charge in [-0.15, -0.1) is 0 Å². The van der Waals surface area contributed by atoms with E-state index >= 15 is 0 Å². The number of ether oxygens (including phenoxy) is 1. The summed E-state index contributed by atoms with van der Waals surface area (Å²) in [6, 6.07) is -1.54. The molecule has 360 valence electrons. The van der Waals surface area contributed by atoms with Crippen molar-refractivity contribution in [3.63, 3.8) is 0 Å². The lowest BCUT2D eigenvalue weighted by molar-refractivity contribution is -0.147. The third kappa shape index (κ3) is 44.6. The number of amides is 1. The van der Waals surface area contributed by atoms with E-state index in [-0.39, 0.29) is 12.8 Å². The highest BCUT2D eigenvalue weighted by Gasteiger charge is 2.28. The van der Waals surface area contributed by atoms with E-state index < -0.39 is 57.6 Å². The van der Waals surface area contributed by atoms with Gasteiger partial charge in [-0.3, -0.25) is 18.6 Å². The summed E-state index contributed by atoms with van der Waals surface area (Å²) < 4.78 is 26.9. The van der Waals surface area contributed by atoms with Gasteiger partial charge in [-0.2, -0.15) is 0 Å². The number of aliphatic carboxylic acids is 1. The van der Waals surface area contributed by atoms with Crippen LogP contribution in [0.15, 0.2) is 12.2 Å². The average molecular weight is 888 g/mol. The number of hydrogen-bond acceptors (Lipinski definition) is 8. The molecule has 0 rings (SSSR count). The van der Waals surface area contributed by atoms with Crippen LogP contribution in [-0.2, 0) is 32.7 Å². The summed E-state index contributed by atoms with van der Waals surface area (Å²) >= 11 is 0. The molecule has 0 heterocycles. The predicted molar refractivity (Wildman–Crippen MR) is 250 cm³/mol. The van der Waals surface area contributed by atoms with Crippen molar-refractivity contribution in [2.45, 2.75) is 264 Å². The van der Waals surface area contributed by atoms with Crippen LogP contribution in [0, 0.1) is 0 Å². The number of carboxylic acid groups (broad SMARTS) is 1. The van der Waals surface area contributed by atoms with Crippen molar-refractivity contribution in [3.05, 3.63) is 12.2 Å². The second kappa shape index (κ2) is 44.8. The number of unbranched alkanes of at least 4 members (excludes halogenated alkanes) is 32. The maximum atomic E-state index is 12.4. The molecule has 0 bridgehead atoms. The molecule has 0 aliphatic rings. The Hall–Kier alpha value is -1.78. The van der Waals surface area contributed by atoms with Crippen LogP contribution in [0.5, 0.6) is 0 Å². The van der Waals surface area contributed by atoms with Crippen LogP contribution in [-0.4, -0.2) is 64.9 Å². The first-order valence-electron chi connectivity index (χ1n) is 25.2. The van der Waals surface area contributed by atoms with Crippen molar-refractivity contribution in [1.29, 1.82) is 0 Å². The van der Waals surface area contributed by atoms with Gasteiger partial charge in [0.25, 0.3) is 0 Å². The number of aliphatic hydroxyl groups is 1. The van der Waals surface area contributed by atoms with Crippen LogP contribution in [0.25, 0.3) is 0 Å². The minimum atomic E-state index is -4.76. The predicted octanol–water partition coefficient (Wildman–Crippen LogP) is 13.6. The molecule has 0 aliphatic carbocycles. The number of hydrogen-bond donors (Lipinski definition) is 4. The zero-order chi connectivity index (χ0) is 44.9. The van der Waals surface area contributed by atoms with Crippen LogP contribution in [0.2, 0.25) is 0 Å². The zero-order valence-corrected chi connectivity index (χ0v) is 40.1. The number of carbonyl (C=O) groups excluding carboxylic acids is 2. The number of phosphoric acid groups is 1. The molecule has 0 aromatic heterocycles. The highest BCUT2D eigenvalue weighted by Crippen LogP contribution is 2.43. The number of carboxylic acids is 1. The summed E-state index contributed by atoms with van der Waals surface area (Å²) in [6.07, 6.45) is 46.6. The second-order valence-electron chi connectivity index (χ2n) is 17.4. The van der Waals surface area contributed by atoms with Crippen LogP contribution in [0.4, 0.5) is 0 Å². The van der Waals surface area contributed by atoms with E-state index in [4.69, 9.17) is 13.8 Å². The van der Waals surface area contributed by atoms with Crippen molar-refractivity contribution in [3.8, 4) is 0 Å². The molecule has 0 fully saturated rings. The summed E-state index contributed by atoms with van der Waals surface area (Å²) in [5.74, 6) is -2.36. The van der Waals surface area contributed by atoms with E-state index in [1.54, 1.807) is 0 Å². The van der Waals surface area contributed by atoms with Crippen molar-refractivity contribution < 1.29 is 47.8 Å². The van der Waals surface area contributed by atoms with Crippen molar-refractivity contribution in [2.24, 2.45) is 0 Å². The van der Waals surface area contributed by atoms with Gasteiger partial charge in [0.1, 0.15) is 12.7 Å². The molecule has 0 radical (unpaired) electrons. The molecular weight excluding hydrogens is 794 g/mol. The Kier molecular flexibility index (Phi) is 43.5. The standard InChI is InChI=1S/C49H94NO10P/c1-3-5-7-9-11-13-15-17-19-21-22-23-25-26-28-30-32-34-36-38-40-47(52)50-46(49(54)55)44-60-61(56,57)59-43-45(51)42-58-48(53)41-39-37-35-33-31-29-27-24-20-18-16-14-12-10-8-6-4-2/h18,20,45-46,51H,3-17,19,21-44H2,1-2H3,(H,50,52)(H,54,55)(H,56,57)/b20-18-. The van der Waals surface area contributed by atoms with E-state index in [1.165, 1.54) is 167 Å². The first kappa shape index (κ1) is 59.2. The average Bonchev–Trinajstić information content (AvgIpc) is 3.24. The van der Waals surface area contributed by atoms with E-state index in [0.717, 1.165) is 44.9 Å². The molecule has 0 saturated carbocycles. The third-order valence-corrected chi connectivity index (χ3v) is 12.3. The maximum Gasteiger partial charge on any atom is 0.472 e. The van der Waals surface area contributed by atoms with E-state index in [9.17, 15) is 34.1 Å². The molecule has 3 unspecified atom stereocenters. The Bertz CT molecular complexity index is 1090. The molecule has 0 saturated heterocycles. The zero-order valence-electron chi connectivity index (χ0n) is 39.2. The normalized spacial score (nSPS) is 13.6. The third-order valence-electron chi connectivity index (χ3n) is 11.3. The van der Waals surface area contributed by atoms with E-state index in [1.807, 2.05) is 0 Å². The molecule has 0 aromatic carbocycles. The molecule has 1 amide bonds. The Balaban J connectivity index is 3.81. The highest BCUT2D eigenvalue weighted by atomic mass is 31.2. The molecule has 0 spiro atoms.